The Morgan fingerprint density at radius 2 is 2.17 bits per heavy atom. The summed E-state index contributed by atoms with van der Waals surface area (Å²) >= 11 is 0. The molecule has 0 aliphatic rings. The van der Waals surface area contributed by atoms with Gasteiger partial charge in [-0.1, -0.05) is 18.2 Å². The van der Waals surface area contributed by atoms with Crippen LogP contribution in [0, 0.1) is 0 Å². The van der Waals surface area contributed by atoms with Gasteiger partial charge in [0.1, 0.15) is 12.9 Å². The van der Waals surface area contributed by atoms with Crippen molar-refractivity contribution in [2.45, 2.75) is 19.9 Å². The molecule has 2 aromatic heterocycles. The molecule has 0 saturated carbocycles. The third-order valence-electron chi connectivity index (χ3n) is 3.89. The molecule has 0 spiro atoms. The van der Waals surface area contributed by atoms with Crippen LogP contribution < -0.4 is 10.6 Å². The standard InChI is InChI=1S/C17H23N7/c1-3-18-17(21-11-16-23-22-12-24(16)2)19-9-8-13-10-20-15-7-5-4-6-14(13)15/h4-7,10,12,20H,3,8-9,11H2,1-2H3,(H2,18,19,21). The van der Waals surface area contributed by atoms with Gasteiger partial charge in [0.15, 0.2) is 11.8 Å². The third-order valence-corrected chi connectivity index (χ3v) is 3.89. The molecule has 0 fully saturated rings. The Balaban J connectivity index is 1.59. The molecule has 3 N–H and O–H groups in total. The molecule has 0 unspecified atom stereocenters. The van der Waals surface area contributed by atoms with E-state index < -0.39 is 0 Å². The molecule has 2 heterocycles. The fourth-order valence-corrected chi connectivity index (χ4v) is 2.60. The monoisotopic (exact) mass is 325 g/mol. The molecule has 7 heteroatoms. The summed E-state index contributed by atoms with van der Waals surface area (Å²) in [6.45, 7) is 4.18. The van der Waals surface area contributed by atoms with Crippen molar-refractivity contribution < 1.29 is 0 Å². The van der Waals surface area contributed by atoms with Crippen LogP contribution in [0.5, 0.6) is 0 Å². The first-order valence-corrected chi connectivity index (χ1v) is 8.18. The second kappa shape index (κ2) is 7.63. The SMILES string of the molecule is CCNC(=NCc1nncn1C)NCCc1c[nH]c2ccccc12. The number of nitrogens with one attached hydrogen (secondary N) is 3. The minimum atomic E-state index is 0.499. The van der Waals surface area contributed by atoms with Gasteiger partial charge in [0.05, 0.1) is 0 Å². The summed E-state index contributed by atoms with van der Waals surface area (Å²) in [4.78, 5) is 7.87. The molecule has 0 radical (unpaired) electrons. The van der Waals surface area contributed by atoms with E-state index in [0.717, 1.165) is 31.3 Å². The molecule has 1 aromatic carbocycles. The number of hydrogen-bond acceptors (Lipinski definition) is 3. The molecule has 0 aliphatic heterocycles. The molecule has 0 bridgehead atoms. The maximum atomic E-state index is 4.56. The van der Waals surface area contributed by atoms with E-state index in [0.29, 0.717) is 6.54 Å². The molecule has 7 nitrogen and oxygen atoms in total. The van der Waals surface area contributed by atoms with E-state index in [1.807, 2.05) is 17.7 Å². The maximum Gasteiger partial charge on any atom is 0.191 e. The third kappa shape index (κ3) is 3.73. The molecule has 0 amide bonds. The van der Waals surface area contributed by atoms with Crippen LogP contribution in [0.1, 0.15) is 18.3 Å². The highest BCUT2D eigenvalue weighted by atomic mass is 15.3. The van der Waals surface area contributed by atoms with E-state index in [1.54, 1.807) is 6.33 Å². The Morgan fingerprint density at radius 1 is 1.29 bits per heavy atom. The maximum absolute atomic E-state index is 4.56. The highest BCUT2D eigenvalue weighted by Gasteiger charge is 2.04. The zero-order valence-electron chi connectivity index (χ0n) is 14.1. The predicted molar refractivity (Wildman–Crippen MR) is 95.8 cm³/mol. The number of aromatic nitrogens is 4. The number of aliphatic imine (C=N–C) groups is 1. The zero-order chi connectivity index (χ0) is 16.8. The van der Waals surface area contributed by atoms with Gasteiger partial charge in [0.25, 0.3) is 0 Å². The fraction of sp³-hybridized carbons (Fsp3) is 0.353. The average Bonchev–Trinajstić information content (AvgIpc) is 3.19. The van der Waals surface area contributed by atoms with Crippen LogP contribution in [-0.2, 0) is 20.0 Å². The first-order valence-electron chi connectivity index (χ1n) is 8.18. The van der Waals surface area contributed by atoms with E-state index in [2.05, 4.69) is 62.1 Å². The lowest BCUT2D eigenvalue weighted by Gasteiger charge is -2.11. The number of benzene rings is 1. The van der Waals surface area contributed by atoms with E-state index in [1.165, 1.54) is 16.5 Å². The van der Waals surface area contributed by atoms with Crippen LogP contribution in [0.4, 0.5) is 0 Å². The van der Waals surface area contributed by atoms with Crippen molar-refractivity contribution in [3.8, 4) is 0 Å². The lowest BCUT2D eigenvalue weighted by Crippen LogP contribution is -2.38. The normalized spacial score (nSPS) is 11.8. The lowest BCUT2D eigenvalue weighted by atomic mass is 10.1. The van der Waals surface area contributed by atoms with Crippen molar-refractivity contribution in [1.29, 1.82) is 0 Å². The van der Waals surface area contributed by atoms with E-state index in [4.69, 9.17) is 0 Å². The molecule has 3 aromatic rings. The van der Waals surface area contributed by atoms with Gasteiger partial charge in [-0.25, -0.2) is 4.99 Å². The Bertz CT molecular complexity index is 815. The second-order valence-electron chi connectivity index (χ2n) is 5.59. The number of nitrogens with zero attached hydrogens (tertiary/aromatic N) is 4. The van der Waals surface area contributed by atoms with Crippen molar-refractivity contribution in [2.75, 3.05) is 13.1 Å². The summed E-state index contributed by atoms with van der Waals surface area (Å²) in [5, 5.41) is 15.8. The summed E-state index contributed by atoms with van der Waals surface area (Å²) in [5.74, 6) is 1.63. The van der Waals surface area contributed by atoms with E-state index in [9.17, 15) is 0 Å². The Kier molecular flexibility index (Phi) is 5.10. The number of H-pyrrole nitrogens is 1. The van der Waals surface area contributed by atoms with Gasteiger partial charge < -0.3 is 20.2 Å². The number of guanidine groups is 1. The number of fused-ring (bicyclic) bond motifs is 1. The van der Waals surface area contributed by atoms with Gasteiger partial charge in [-0.05, 0) is 25.0 Å². The molecular formula is C17H23N7. The molecule has 24 heavy (non-hydrogen) atoms. The van der Waals surface area contributed by atoms with E-state index >= 15 is 0 Å². The number of aryl methyl sites for hydroxylation is 1. The first-order chi connectivity index (χ1) is 11.8. The van der Waals surface area contributed by atoms with Crippen LogP contribution in [-0.4, -0.2) is 38.8 Å². The highest BCUT2D eigenvalue weighted by molar-refractivity contribution is 5.83. The number of hydrogen-bond donors (Lipinski definition) is 3. The second-order valence-corrected chi connectivity index (χ2v) is 5.59. The summed E-state index contributed by atoms with van der Waals surface area (Å²) < 4.78 is 1.87. The minimum absolute atomic E-state index is 0.499. The summed E-state index contributed by atoms with van der Waals surface area (Å²) in [6.07, 6.45) is 4.69. The van der Waals surface area contributed by atoms with Crippen LogP contribution in [0.3, 0.4) is 0 Å². The quantitative estimate of drug-likeness (QED) is 0.475. The number of rotatable bonds is 6. The first kappa shape index (κ1) is 16.0. The molecule has 0 atom stereocenters. The Morgan fingerprint density at radius 3 is 2.96 bits per heavy atom. The van der Waals surface area contributed by atoms with Gasteiger partial charge in [0, 0.05) is 37.2 Å². The summed E-state index contributed by atoms with van der Waals surface area (Å²) in [7, 11) is 1.92. The fourth-order valence-electron chi connectivity index (χ4n) is 2.60. The van der Waals surface area contributed by atoms with Crippen molar-refractivity contribution in [3.05, 3.63) is 48.2 Å². The van der Waals surface area contributed by atoms with Gasteiger partial charge in [-0.15, -0.1) is 10.2 Å². The zero-order valence-corrected chi connectivity index (χ0v) is 14.1. The Hall–Kier alpha value is -2.83. The summed E-state index contributed by atoms with van der Waals surface area (Å²) in [6, 6.07) is 8.36. The van der Waals surface area contributed by atoms with E-state index in [-0.39, 0.29) is 0 Å². The van der Waals surface area contributed by atoms with Crippen molar-refractivity contribution in [2.24, 2.45) is 12.0 Å². The predicted octanol–water partition coefficient (Wildman–Crippen LogP) is 1.59. The average molecular weight is 325 g/mol. The molecule has 0 saturated heterocycles. The van der Waals surface area contributed by atoms with Crippen molar-refractivity contribution in [1.82, 2.24) is 30.4 Å². The minimum Gasteiger partial charge on any atom is -0.361 e. The summed E-state index contributed by atoms with van der Waals surface area (Å²) in [5.41, 5.74) is 2.48. The lowest BCUT2D eigenvalue weighted by molar-refractivity contribution is 0.764. The molecule has 3 rings (SSSR count). The number of aromatic amines is 1. The van der Waals surface area contributed by atoms with Crippen LogP contribution in [0.15, 0.2) is 41.8 Å². The molecular weight excluding hydrogens is 302 g/mol. The Labute approximate surface area is 141 Å². The van der Waals surface area contributed by atoms with Crippen LogP contribution in [0.2, 0.25) is 0 Å². The topological polar surface area (TPSA) is 82.9 Å². The highest BCUT2D eigenvalue weighted by Crippen LogP contribution is 2.17. The van der Waals surface area contributed by atoms with Crippen molar-refractivity contribution >= 4 is 16.9 Å². The van der Waals surface area contributed by atoms with Crippen LogP contribution >= 0.6 is 0 Å². The van der Waals surface area contributed by atoms with Crippen molar-refractivity contribution in [3.63, 3.8) is 0 Å². The van der Waals surface area contributed by atoms with Gasteiger partial charge >= 0.3 is 0 Å². The number of para-hydroxylation sites is 1. The van der Waals surface area contributed by atoms with Gasteiger partial charge in [-0.2, -0.15) is 0 Å². The molecule has 126 valence electrons. The van der Waals surface area contributed by atoms with Gasteiger partial charge in [0.2, 0.25) is 0 Å². The van der Waals surface area contributed by atoms with Crippen LogP contribution in [0.25, 0.3) is 10.9 Å². The van der Waals surface area contributed by atoms with Gasteiger partial charge in [-0.3, -0.25) is 0 Å². The smallest absolute Gasteiger partial charge is 0.191 e. The molecule has 0 aliphatic carbocycles. The largest absolute Gasteiger partial charge is 0.361 e.